The fourth-order valence-electron chi connectivity index (χ4n) is 4.66. The van der Waals surface area contributed by atoms with Crippen LogP contribution in [0.1, 0.15) is 54.4 Å². The van der Waals surface area contributed by atoms with Crippen LogP contribution >= 0.6 is 65.8 Å². The molecule has 0 saturated carbocycles. The van der Waals surface area contributed by atoms with E-state index in [0.29, 0.717) is 39.6 Å². The molecule has 0 aliphatic heterocycles. The first-order valence-corrected chi connectivity index (χ1v) is 26.7. The molecule has 0 spiro atoms. The molecular formula is C32H50N2O6S6Si2. The van der Waals surface area contributed by atoms with Gasteiger partial charge >= 0.3 is 17.6 Å². The van der Waals surface area contributed by atoms with Crippen molar-refractivity contribution in [3.05, 3.63) is 48.5 Å². The maximum Gasteiger partial charge on any atom is 0.500 e. The van der Waals surface area contributed by atoms with E-state index in [4.69, 9.17) is 26.6 Å². The molecule has 2 heterocycles. The lowest BCUT2D eigenvalue weighted by Crippen LogP contribution is -2.46. The first-order valence-electron chi connectivity index (χ1n) is 16.6. The van der Waals surface area contributed by atoms with Crippen LogP contribution in [0, 0.1) is 0 Å². The standard InChI is InChI=1S/2C16H25NO3S3Si/c2*1-4-18-24(19-5-2,20-6-3)13-9-12-21-23-16-17-14-10-7-8-11-15(14)22-16/h2*7-8,10-11H,4-6,9,12-13H2,1-3H3. The summed E-state index contributed by atoms with van der Waals surface area (Å²) in [6.07, 6.45) is 2.05. The third kappa shape index (κ3) is 14.4. The predicted octanol–water partition coefficient (Wildman–Crippen LogP) is 11.0. The van der Waals surface area contributed by atoms with Gasteiger partial charge in [-0.1, -0.05) is 45.9 Å². The molecule has 0 saturated heterocycles. The van der Waals surface area contributed by atoms with Gasteiger partial charge in [-0.05, 0) is 100 Å². The van der Waals surface area contributed by atoms with Crippen molar-refractivity contribution in [1.82, 2.24) is 9.97 Å². The molecule has 4 aromatic rings. The average Bonchev–Trinajstić information content (AvgIpc) is 3.69. The molecule has 0 N–H and O–H groups in total. The smallest absolute Gasteiger partial charge is 0.374 e. The van der Waals surface area contributed by atoms with Crippen molar-refractivity contribution in [3.8, 4) is 0 Å². The van der Waals surface area contributed by atoms with Gasteiger partial charge in [0.15, 0.2) is 8.68 Å². The molecule has 0 unspecified atom stereocenters. The monoisotopic (exact) mass is 806 g/mol. The highest BCUT2D eigenvalue weighted by molar-refractivity contribution is 8.77. The Bertz CT molecular complexity index is 1230. The van der Waals surface area contributed by atoms with E-state index in [-0.39, 0.29) is 0 Å². The first kappa shape index (κ1) is 42.2. The third-order valence-electron chi connectivity index (χ3n) is 6.42. The summed E-state index contributed by atoms with van der Waals surface area (Å²) >= 11 is 3.50. The summed E-state index contributed by atoms with van der Waals surface area (Å²) in [7, 11) is 2.21. The number of hydrogen-bond acceptors (Lipinski definition) is 14. The van der Waals surface area contributed by atoms with Gasteiger partial charge in [0, 0.05) is 63.2 Å². The zero-order chi connectivity index (χ0) is 34.5. The summed E-state index contributed by atoms with van der Waals surface area (Å²) in [5.74, 6) is 2.06. The van der Waals surface area contributed by atoms with E-state index in [1.165, 1.54) is 9.40 Å². The second-order valence-electron chi connectivity index (χ2n) is 9.88. The Hall–Kier alpha value is -0.186. The van der Waals surface area contributed by atoms with Gasteiger partial charge in [0.2, 0.25) is 0 Å². The maximum absolute atomic E-state index is 5.88. The molecule has 0 aliphatic carbocycles. The van der Waals surface area contributed by atoms with Crippen LogP contribution in [0.25, 0.3) is 20.4 Å². The normalized spacial score (nSPS) is 12.1. The van der Waals surface area contributed by atoms with Gasteiger partial charge in [0.1, 0.15) is 0 Å². The number of nitrogens with zero attached hydrogens (tertiary/aromatic N) is 2. The Balaban J connectivity index is 0.000000260. The predicted molar refractivity (Wildman–Crippen MR) is 216 cm³/mol. The minimum Gasteiger partial charge on any atom is -0.374 e. The lowest BCUT2D eigenvalue weighted by molar-refractivity contribution is 0.0704. The summed E-state index contributed by atoms with van der Waals surface area (Å²) < 4.78 is 40.0. The molecule has 0 radical (unpaired) electrons. The van der Waals surface area contributed by atoms with Crippen molar-refractivity contribution in [2.24, 2.45) is 0 Å². The zero-order valence-electron chi connectivity index (χ0n) is 28.9. The Labute approximate surface area is 313 Å². The van der Waals surface area contributed by atoms with Crippen LogP contribution < -0.4 is 0 Å². The second-order valence-corrected chi connectivity index (χ2v) is 22.7. The highest BCUT2D eigenvalue weighted by Crippen LogP contribution is 2.38. The van der Waals surface area contributed by atoms with Gasteiger partial charge in [-0.15, -0.1) is 22.7 Å². The summed E-state index contributed by atoms with van der Waals surface area (Å²) in [4.78, 5) is 9.29. The highest BCUT2D eigenvalue weighted by atomic mass is 33.1. The van der Waals surface area contributed by atoms with Crippen LogP contribution in [-0.2, 0) is 26.6 Å². The average molecular weight is 807 g/mol. The lowest BCUT2D eigenvalue weighted by Gasteiger charge is -2.28. The van der Waals surface area contributed by atoms with Crippen molar-refractivity contribution in [2.45, 2.75) is 75.2 Å². The molecule has 16 heteroatoms. The van der Waals surface area contributed by atoms with Crippen LogP contribution in [0.15, 0.2) is 57.2 Å². The van der Waals surface area contributed by atoms with E-state index in [0.717, 1.165) is 56.1 Å². The van der Waals surface area contributed by atoms with Crippen molar-refractivity contribution in [1.29, 1.82) is 0 Å². The molecule has 0 fully saturated rings. The zero-order valence-corrected chi connectivity index (χ0v) is 35.8. The van der Waals surface area contributed by atoms with E-state index in [9.17, 15) is 0 Å². The number of rotatable bonds is 24. The minimum absolute atomic E-state index is 0.639. The molecule has 48 heavy (non-hydrogen) atoms. The van der Waals surface area contributed by atoms with Gasteiger partial charge in [-0.3, -0.25) is 0 Å². The molecule has 0 bridgehead atoms. The van der Waals surface area contributed by atoms with Crippen molar-refractivity contribution < 1.29 is 26.6 Å². The molecule has 0 amide bonds. The number of benzene rings is 2. The van der Waals surface area contributed by atoms with Crippen LogP contribution in [-0.4, -0.2) is 78.7 Å². The van der Waals surface area contributed by atoms with Crippen molar-refractivity contribution >= 4 is 104 Å². The van der Waals surface area contributed by atoms with E-state index >= 15 is 0 Å². The van der Waals surface area contributed by atoms with Crippen LogP contribution in [0.5, 0.6) is 0 Å². The van der Waals surface area contributed by atoms with Crippen LogP contribution in [0.3, 0.4) is 0 Å². The van der Waals surface area contributed by atoms with Gasteiger partial charge in [-0.25, -0.2) is 9.97 Å². The summed E-state index contributed by atoms with van der Waals surface area (Å²) in [5.41, 5.74) is 2.17. The van der Waals surface area contributed by atoms with Gasteiger partial charge in [0.25, 0.3) is 0 Å². The van der Waals surface area contributed by atoms with Crippen LogP contribution in [0.2, 0.25) is 12.1 Å². The van der Waals surface area contributed by atoms with Gasteiger partial charge in [0.05, 0.1) is 20.4 Å². The van der Waals surface area contributed by atoms with Crippen LogP contribution in [0.4, 0.5) is 0 Å². The fraction of sp³-hybridized carbons (Fsp3) is 0.562. The SMILES string of the molecule is CCO[Si](CCCSSc1nc2ccccc2s1)(OCC)OCC.CCO[Si](CCCSSc1nc2ccccc2s1)(OCC)OCC. The molecule has 0 atom stereocenters. The minimum atomic E-state index is -2.49. The van der Waals surface area contributed by atoms with E-state index in [1.807, 2.05) is 75.3 Å². The molecule has 8 nitrogen and oxygen atoms in total. The first-order chi connectivity index (χ1) is 23.5. The fourth-order valence-corrected chi connectivity index (χ4v) is 17.3. The number of hydrogen-bond donors (Lipinski definition) is 0. The van der Waals surface area contributed by atoms with E-state index in [1.54, 1.807) is 44.3 Å². The topological polar surface area (TPSA) is 81.2 Å². The highest BCUT2D eigenvalue weighted by Gasteiger charge is 2.40. The number of para-hydroxylation sites is 2. The quantitative estimate of drug-likeness (QED) is 0.0384. The van der Waals surface area contributed by atoms with E-state index < -0.39 is 17.6 Å². The molecule has 2 aromatic carbocycles. The second kappa shape index (κ2) is 24.1. The third-order valence-corrected chi connectivity index (χ3v) is 20.3. The van der Waals surface area contributed by atoms with Gasteiger partial charge in [-0.2, -0.15) is 0 Å². The van der Waals surface area contributed by atoms with Crippen molar-refractivity contribution in [2.75, 3.05) is 51.1 Å². The maximum atomic E-state index is 5.88. The molecule has 268 valence electrons. The summed E-state index contributed by atoms with van der Waals surface area (Å²) in [6, 6.07) is 18.3. The van der Waals surface area contributed by atoms with E-state index in [2.05, 4.69) is 46.4 Å². The Morgan fingerprint density at radius 3 is 1.17 bits per heavy atom. The molecule has 4 rings (SSSR count). The number of thiazole rings is 2. The Kier molecular flexibility index (Phi) is 21.2. The van der Waals surface area contributed by atoms with Gasteiger partial charge < -0.3 is 26.6 Å². The summed E-state index contributed by atoms with van der Waals surface area (Å²) in [5, 5.41) is 0. The Morgan fingerprint density at radius 1 is 0.521 bits per heavy atom. The molecule has 2 aromatic heterocycles. The number of aromatic nitrogens is 2. The largest absolute Gasteiger partial charge is 0.500 e. The number of fused-ring (bicyclic) bond motifs is 2. The molecular weight excluding hydrogens is 757 g/mol. The summed E-state index contributed by atoms with van der Waals surface area (Å²) in [6.45, 7) is 15.8. The molecule has 0 aliphatic rings. The lowest BCUT2D eigenvalue weighted by atomic mass is 10.3. The van der Waals surface area contributed by atoms with Crippen molar-refractivity contribution in [3.63, 3.8) is 0 Å². The Morgan fingerprint density at radius 2 is 0.854 bits per heavy atom.